The predicted molar refractivity (Wildman–Crippen MR) is 113 cm³/mol. The Hall–Kier alpha value is -1.70. The molecule has 0 aromatic heterocycles. The van der Waals surface area contributed by atoms with Gasteiger partial charge in [0, 0.05) is 22.6 Å². The van der Waals surface area contributed by atoms with Crippen molar-refractivity contribution in [1.29, 1.82) is 0 Å². The lowest BCUT2D eigenvalue weighted by molar-refractivity contribution is 0.0923. The van der Waals surface area contributed by atoms with E-state index in [2.05, 4.69) is 32.9 Å². The van der Waals surface area contributed by atoms with Crippen molar-refractivity contribution in [2.24, 2.45) is 5.92 Å². The monoisotopic (exact) mass is 464 g/mol. The normalized spacial score (nSPS) is 19.9. The third-order valence-corrected chi connectivity index (χ3v) is 7.10. The van der Waals surface area contributed by atoms with Gasteiger partial charge < -0.3 is 5.32 Å². The molecule has 28 heavy (non-hydrogen) atoms. The number of carbonyl (C=O) groups excluding carboxylic acids is 1. The highest BCUT2D eigenvalue weighted by Crippen LogP contribution is 2.23. The van der Waals surface area contributed by atoms with Crippen LogP contribution in [0.2, 0.25) is 0 Å². The topological polar surface area (TPSA) is 75.3 Å². The highest BCUT2D eigenvalue weighted by molar-refractivity contribution is 9.10. The summed E-state index contributed by atoms with van der Waals surface area (Å²) in [4.78, 5) is 12.6. The molecule has 0 heterocycles. The Morgan fingerprint density at radius 3 is 2.21 bits per heavy atom. The van der Waals surface area contributed by atoms with Crippen molar-refractivity contribution in [2.45, 2.75) is 50.1 Å². The van der Waals surface area contributed by atoms with Crippen LogP contribution < -0.4 is 10.0 Å². The summed E-state index contributed by atoms with van der Waals surface area (Å²) in [5.74, 6) is 0.676. The van der Waals surface area contributed by atoms with Crippen LogP contribution in [-0.2, 0) is 16.6 Å². The number of benzene rings is 2. The molecule has 2 aromatic carbocycles. The van der Waals surface area contributed by atoms with Gasteiger partial charge in [-0.1, -0.05) is 35.0 Å². The van der Waals surface area contributed by atoms with E-state index >= 15 is 0 Å². The minimum Gasteiger partial charge on any atom is -0.349 e. The van der Waals surface area contributed by atoms with Crippen molar-refractivity contribution >= 4 is 31.9 Å². The molecule has 5 nitrogen and oxygen atoms in total. The van der Waals surface area contributed by atoms with Crippen LogP contribution in [0.4, 0.5) is 0 Å². The molecule has 1 aliphatic carbocycles. The van der Waals surface area contributed by atoms with Crippen LogP contribution in [0.5, 0.6) is 0 Å². The smallest absolute Gasteiger partial charge is 0.251 e. The Balaban J connectivity index is 1.55. The van der Waals surface area contributed by atoms with Gasteiger partial charge in [-0.3, -0.25) is 4.79 Å². The molecule has 2 aromatic rings. The predicted octanol–water partition coefficient (Wildman–Crippen LogP) is 4.24. The zero-order chi connectivity index (χ0) is 20.1. The summed E-state index contributed by atoms with van der Waals surface area (Å²) in [5, 5.41) is 3.10. The van der Waals surface area contributed by atoms with E-state index in [4.69, 9.17) is 0 Å². The quantitative estimate of drug-likeness (QED) is 0.671. The molecule has 0 bridgehead atoms. The molecule has 1 fully saturated rings. The standard InChI is InChI=1S/C21H25BrN2O3S/c1-15-2-10-19(11-3-15)24-21(25)17-6-4-16(5-7-17)14-23-28(26,27)20-12-8-18(22)9-13-20/h4-9,12-13,15,19,23H,2-3,10-11,14H2,1H3,(H,24,25). The Labute approximate surface area is 175 Å². The van der Waals surface area contributed by atoms with E-state index in [0.29, 0.717) is 5.56 Å². The molecule has 7 heteroatoms. The molecule has 0 unspecified atom stereocenters. The molecular weight excluding hydrogens is 440 g/mol. The second-order valence-electron chi connectivity index (χ2n) is 7.41. The Morgan fingerprint density at radius 1 is 1.00 bits per heavy atom. The van der Waals surface area contributed by atoms with Crippen molar-refractivity contribution in [1.82, 2.24) is 10.0 Å². The summed E-state index contributed by atoms with van der Waals surface area (Å²) in [6.45, 7) is 2.42. The third kappa shape index (κ3) is 5.65. The highest BCUT2D eigenvalue weighted by Gasteiger charge is 2.20. The second kappa shape index (κ2) is 9.20. The number of hydrogen-bond acceptors (Lipinski definition) is 3. The number of carbonyl (C=O) groups is 1. The number of sulfonamides is 1. The summed E-state index contributed by atoms with van der Waals surface area (Å²) in [6.07, 6.45) is 4.37. The minimum absolute atomic E-state index is 0.0680. The lowest BCUT2D eigenvalue weighted by atomic mass is 9.87. The van der Waals surface area contributed by atoms with Gasteiger partial charge in [0.05, 0.1) is 4.90 Å². The summed E-state index contributed by atoms with van der Waals surface area (Å²) in [6, 6.07) is 13.8. The fraction of sp³-hybridized carbons (Fsp3) is 0.381. The van der Waals surface area contributed by atoms with Crippen molar-refractivity contribution in [3.63, 3.8) is 0 Å². The van der Waals surface area contributed by atoms with Gasteiger partial charge in [0.15, 0.2) is 0 Å². The van der Waals surface area contributed by atoms with E-state index in [1.54, 1.807) is 48.5 Å². The van der Waals surface area contributed by atoms with Crippen LogP contribution in [-0.4, -0.2) is 20.4 Å². The number of halogens is 1. The van der Waals surface area contributed by atoms with Crippen LogP contribution in [0.25, 0.3) is 0 Å². The van der Waals surface area contributed by atoms with E-state index in [1.165, 1.54) is 0 Å². The maximum atomic E-state index is 12.4. The molecule has 150 valence electrons. The van der Waals surface area contributed by atoms with Crippen LogP contribution in [0.15, 0.2) is 57.9 Å². The Kier molecular flexibility index (Phi) is 6.91. The molecule has 1 aliphatic rings. The number of hydrogen-bond donors (Lipinski definition) is 2. The summed E-state index contributed by atoms with van der Waals surface area (Å²) in [5.41, 5.74) is 1.39. The minimum atomic E-state index is -3.58. The molecule has 3 rings (SSSR count). The van der Waals surface area contributed by atoms with Crippen LogP contribution in [0.1, 0.15) is 48.5 Å². The first-order valence-corrected chi connectivity index (χ1v) is 11.8. The van der Waals surface area contributed by atoms with Gasteiger partial charge >= 0.3 is 0 Å². The molecule has 2 N–H and O–H groups in total. The molecule has 0 radical (unpaired) electrons. The lowest BCUT2D eigenvalue weighted by Gasteiger charge is -2.26. The van der Waals surface area contributed by atoms with E-state index in [0.717, 1.165) is 41.6 Å². The third-order valence-electron chi connectivity index (χ3n) is 5.16. The number of nitrogens with one attached hydrogen (secondary N) is 2. The SMILES string of the molecule is CC1CCC(NC(=O)c2ccc(CNS(=O)(=O)c3ccc(Br)cc3)cc2)CC1. The largest absolute Gasteiger partial charge is 0.349 e. The van der Waals surface area contributed by atoms with Gasteiger partial charge in [-0.15, -0.1) is 0 Å². The lowest BCUT2D eigenvalue weighted by Crippen LogP contribution is -2.37. The zero-order valence-corrected chi connectivity index (χ0v) is 18.2. The van der Waals surface area contributed by atoms with E-state index in [9.17, 15) is 13.2 Å². The van der Waals surface area contributed by atoms with Gasteiger partial charge in [0.25, 0.3) is 5.91 Å². The second-order valence-corrected chi connectivity index (χ2v) is 10.1. The van der Waals surface area contributed by atoms with Crippen LogP contribution in [0.3, 0.4) is 0 Å². The molecule has 0 aliphatic heterocycles. The van der Waals surface area contributed by atoms with Gasteiger partial charge in [0.1, 0.15) is 0 Å². The fourth-order valence-electron chi connectivity index (χ4n) is 3.32. The van der Waals surface area contributed by atoms with Gasteiger partial charge in [0.2, 0.25) is 10.0 Å². The van der Waals surface area contributed by atoms with Gasteiger partial charge in [-0.25, -0.2) is 13.1 Å². The van der Waals surface area contributed by atoms with Crippen molar-refractivity contribution in [2.75, 3.05) is 0 Å². The van der Waals surface area contributed by atoms with Crippen molar-refractivity contribution in [3.8, 4) is 0 Å². The molecule has 0 saturated heterocycles. The van der Waals surface area contributed by atoms with Gasteiger partial charge in [-0.2, -0.15) is 0 Å². The molecule has 0 atom stereocenters. The molecule has 1 saturated carbocycles. The first kappa shape index (κ1) is 21.0. The first-order valence-electron chi connectivity index (χ1n) is 9.48. The van der Waals surface area contributed by atoms with Crippen molar-refractivity contribution in [3.05, 3.63) is 64.1 Å². The average Bonchev–Trinajstić information content (AvgIpc) is 2.69. The first-order chi connectivity index (χ1) is 13.3. The number of rotatable bonds is 6. The fourth-order valence-corrected chi connectivity index (χ4v) is 4.60. The zero-order valence-electron chi connectivity index (χ0n) is 15.8. The van der Waals surface area contributed by atoms with E-state index in [1.807, 2.05) is 0 Å². The molecular formula is C21H25BrN2O3S. The maximum absolute atomic E-state index is 12.4. The molecule has 1 amide bonds. The van der Waals surface area contributed by atoms with Gasteiger partial charge in [-0.05, 0) is 73.6 Å². The van der Waals surface area contributed by atoms with E-state index < -0.39 is 10.0 Å². The molecule has 0 spiro atoms. The van der Waals surface area contributed by atoms with Crippen LogP contribution in [0, 0.1) is 5.92 Å². The van der Waals surface area contributed by atoms with Crippen LogP contribution >= 0.6 is 15.9 Å². The van der Waals surface area contributed by atoms with E-state index in [-0.39, 0.29) is 23.4 Å². The summed E-state index contributed by atoms with van der Waals surface area (Å²) in [7, 11) is -3.58. The average molecular weight is 465 g/mol. The summed E-state index contributed by atoms with van der Waals surface area (Å²) < 4.78 is 28.1. The number of amides is 1. The highest BCUT2D eigenvalue weighted by atomic mass is 79.9. The summed E-state index contributed by atoms with van der Waals surface area (Å²) >= 11 is 3.29. The Bertz CT molecular complexity index is 904. The van der Waals surface area contributed by atoms with Crippen molar-refractivity contribution < 1.29 is 13.2 Å². The Morgan fingerprint density at radius 2 is 1.61 bits per heavy atom. The maximum Gasteiger partial charge on any atom is 0.251 e.